The minimum absolute atomic E-state index is 0.0934. The van der Waals surface area contributed by atoms with Gasteiger partial charge >= 0.3 is 0 Å². The number of carbonyl (C=O) groups excluding carboxylic acids is 1. The maximum atomic E-state index is 11.5. The van der Waals surface area contributed by atoms with Crippen molar-refractivity contribution in [2.24, 2.45) is 5.92 Å². The summed E-state index contributed by atoms with van der Waals surface area (Å²) in [6, 6.07) is 1.34. The van der Waals surface area contributed by atoms with Gasteiger partial charge in [-0.3, -0.25) is 14.9 Å². The molecule has 0 bridgehead atoms. The third-order valence-electron chi connectivity index (χ3n) is 2.74. The lowest BCUT2D eigenvalue weighted by atomic mass is 10.4. The molecule has 1 heterocycles. The number of halogens is 1. The predicted molar refractivity (Wildman–Crippen MR) is 72.8 cm³/mol. The summed E-state index contributed by atoms with van der Waals surface area (Å²) >= 11 is 3.18. The van der Waals surface area contributed by atoms with Crippen LogP contribution in [0, 0.1) is 16.0 Å². The lowest BCUT2D eigenvalue weighted by molar-refractivity contribution is -0.385. The highest BCUT2D eigenvalue weighted by atomic mass is 79.9. The lowest BCUT2D eigenvalue weighted by Crippen LogP contribution is -2.31. The number of carbonyl (C=O) groups is 1. The molecular weight excluding hydrogens is 316 g/mol. The SMILES string of the molecule is O=C(CNc1ncc([N+](=O)[O-])cc1Br)NCC1CC1. The Bertz CT molecular complexity index is 505. The second kappa shape index (κ2) is 5.96. The van der Waals surface area contributed by atoms with Crippen LogP contribution in [0.25, 0.3) is 0 Å². The molecule has 1 aliphatic carbocycles. The number of aromatic nitrogens is 1. The number of nitrogens with one attached hydrogen (secondary N) is 2. The van der Waals surface area contributed by atoms with Crippen molar-refractivity contribution < 1.29 is 9.72 Å². The Hall–Kier alpha value is -1.70. The number of hydrogen-bond acceptors (Lipinski definition) is 5. The number of pyridine rings is 1. The van der Waals surface area contributed by atoms with E-state index in [-0.39, 0.29) is 18.1 Å². The van der Waals surface area contributed by atoms with Crippen molar-refractivity contribution in [3.05, 3.63) is 26.9 Å². The molecule has 0 saturated heterocycles. The Balaban J connectivity index is 1.84. The predicted octanol–water partition coefficient (Wildman–Crippen LogP) is 1.69. The molecule has 1 fully saturated rings. The van der Waals surface area contributed by atoms with E-state index in [4.69, 9.17) is 0 Å². The lowest BCUT2D eigenvalue weighted by Gasteiger charge is -2.07. The minimum Gasteiger partial charge on any atom is -0.360 e. The fraction of sp³-hybridized carbons (Fsp3) is 0.455. The first kappa shape index (κ1) is 13.7. The molecule has 0 unspecified atom stereocenters. The molecule has 19 heavy (non-hydrogen) atoms. The summed E-state index contributed by atoms with van der Waals surface area (Å²) in [7, 11) is 0. The van der Waals surface area contributed by atoms with E-state index in [0.717, 1.165) is 12.7 Å². The van der Waals surface area contributed by atoms with Crippen molar-refractivity contribution in [2.45, 2.75) is 12.8 Å². The normalized spacial score (nSPS) is 13.9. The molecule has 1 aromatic heterocycles. The Morgan fingerprint density at radius 2 is 2.32 bits per heavy atom. The molecule has 0 radical (unpaired) electrons. The van der Waals surface area contributed by atoms with Crippen molar-refractivity contribution in [2.75, 3.05) is 18.4 Å². The van der Waals surface area contributed by atoms with Gasteiger partial charge in [-0.1, -0.05) is 0 Å². The molecular formula is C11H13BrN4O3. The van der Waals surface area contributed by atoms with Crippen LogP contribution in [0.4, 0.5) is 11.5 Å². The Morgan fingerprint density at radius 3 is 2.89 bits per heavy atom. The Kier molecular flexibility index (Phi) is 4.31. The van der Waals surface area contributed by atoms with E-state index in [9.17, 15) is 14.9 Å². The highest BCUT2D eigenvalue weighted by molar-refractivity contribution is 9.10. The zero-order valence-corrected chi connectivity index (χ0v) is 11.6. The van der Waals surface area contributed by atoms with E-state index in [2.05, 4.69) is 31.5 Å². The first-order chi connectivity index (χ1) is 9.06. The van der Waals surface area contributed by atoms with Gasteiger partial charge < -0.3 is 10.6 Å². The van der Waals surface area contributed by atoms with Crippen LogP contribution in [0.15, 0.2) is 16.7 Å². The standard InChI is InChI=1S/C11H13BrN4O3/c12-9-3-8(16(18)19)5-14-11(9)15-6-10(17)13-4-7-1-2-7/h3,5,7H,1-2,4,6H2,(H,13,17)(H,14,15). The molecule has 7 nitrogen and oxygen atoms in total. The van der Waals surface area contributed by atoms with Gasteiger partial charge in [-0.05, 0) is 34.7 Å². The Morgan fingerprint density at radius 1 is 1.58 bits per heavy atom. The summed E-state index contributed by atoms with van der Waals surface area (Å²) in [5.74, 6) is 0.930. The van der Waals surface area contributed by atoms with Crippen LogP contribution in [0.5, 0.6) is 0 Å². The van der Waals surface area contributed by atoms with Crippen LogP contribution in [0.1, 0.15) is 12.8 Å². The summed E-state index contributed by atoms with van der Waals surface area (Å²) in [5, 5.41) is 16.2. The molecule has 1 aromatic rings. The second-order valence-corrected chi connectivity index (χ2v) is 5.24. The first-order valence-electron chi connectivity index (χ1n) is 5.87. The third-order valence-corrected chi connectivity index (χ3v) is 3.34. The van der Waals surface area contributed by atoms with Crippen molar-refractivity contribution >= 4 is 33.3 Å². The fourth-order valence-corrected chi connectivity index (χ4v) is 1.94. The molecule has 1 saturated carbocycles. The summed E-state index contributed by atoms with van der Waals surface area (Å²) < 4.78 is 0.455. The Labute approximate surface area is 118 Å². The molecule has 8 heteroatoms. The topological polar surface area (TPSA) is 97.2 Å². The van der Waals surface area contributed by atoms with Gasteiger partial charge in [0.15, 0.2) is 0 Å². The average molecular weight is 329 g/mol. The molecule has 0 atom stereocenters. The summed E-state index contributed by atoms with van der Waals surface area (Å²) in [6.07, 6.45) is 3.52. The van der Waals surface area contributed by atoms with Crippen LogP contribution in [0.2, 0.25) is 0 Å². The molecule has 2 rings (SSSR count). The van der Waals surface area contributed by atoms with Crippen molar-refractivity contribution in [1.82, 2.24) is 10.3 Å². The number of nitro groups is 1. The molecule has 1 amide bonds. The van der Waals surface area contributed by atoms with Gasteiger partial charge in [-0.15, -0.1) is 0 Å². The van der Waals surface area contributed by atoms with Gasteiger partial charge in [0.2, 0.25) is 5.91 Å². The number of hydrogen-bond donors (Lipinski definition) is 2. The van der Waals surface area contributed by atoms with Crippen LogP contribution >= 0.6 is 15.9 Å². The van der Waals surface area contributed by atoms with Crippen LogP contribution in [-0.4, -0.2) is 28.9 Å². The summed E-state index contributed by atoms with van der Waals surface area (Å²) in [4.78, 5) is 25.4. The van der Waals surface area contributed by atoms with Crippen LogP contribution in [0.3, 0.4) is 0 Å². The van der Waals surface area contributed by atoms with Gasteiger partial charge in [0, 0.05) is 12.6 Å². The van der Waals surface area contributed by atoms with Gasteiger partial charge in [0.1, 0.15) is 12.0 Å². The molecule has 0 aliphatic heterocycles. The number of anilines is 1. The van der Waals surface area contributed by atoms with Gasteiger partial charge in [0.25, 0.3) is 5.69 Å². The van der Waals surface area contributed by atoms with Gasteiger partial charge in [0.05, 0.1) is 15.9 Å². The second-order valence-electron chi connectivity index (χ2n) is 4.38. The maximum absolute atomic E-state index is 11.5. The van der Waals surface area contributed by atoms with E-state index >= 15 is 0 Å². The van der Waals surface area contributed by atoms with E-state index < -0.39 is 4.92 Å². The van der Waals surface area contributed by atoms with Crippen molar-refractivity contribution in [3.8, 4) is 0 Å². The third kappa shape index (κ3) is 4.16. The number of amides is 1. The summed E-state index contributed by atoms with van der Waals surface area (Å²) in [5.41, 5.74) is -0.101. The number of nitrogens with zero attached hydrogens (tertiary/aromatic N) is 2. The molecule has 2 N–H and O–H groups in total. The van der Waals surface area contributed by atoms with E-state index in [1.165, 1.54) is 18.9 Å². The van der Waals surface area contributed by atoms with Crippen LogP contribution < -0.4 is 10.6 Å². The largest absolute Gasteiger partial charge is 0.360 e. The zero-order valence-electron chi connectivity index (χ0n) is 10.1. The summed E-state index contributed by atoms with van der Waals surface area (Å²) in [6.45, 7) is 0.811. The zero-order chi connectivity index (χ0) is 13.8. The molecule has 1 aliphatic rings. The van der Waals surface area contributed by atoms with Crippen molar-refractivity contribution in [3.63, 3.8) is 0 Å². The smallest absolute Gasteiger partial charge is 0.288 e. The molecule has 102 valence electrons. The maximum Gasteiger partial charge on any atom is 0.288 e. The van der Waals surface area contributed by atoms with Gasteiger partial charge in [-0.2, -0.15) is 0 Å². The van der Waals surface area contributed by atoms with Crippen LogP contribution in [-0.2, 0) is 4.79 Å². The van der Waals surface area contributed by atoms with E-state index in [1.54, 1.807) is 0 Å². The van der Waals surface area contributed by atoms with E-state index in [1.807, 2.05) is 0 Å². The minimum atomic E-state index is -0.524. The molecule has 0 spiro atoms. The van der Waals surface area contributed by atoms with E-state index in [0.29, 0.717) is 16.2 Å². The molecule has 0 aromatic carbocycles. The first-order valence-corrected chi connectivity index (χ1v) is 6.66. The monoisotopic (exact) mass is 328 g/mol. The highest BCUT2D eigenvalue weighted by Gasteiger charge is 2.21. The quantitative estimate of drug-likeness (QED) is 0.611. The number of rotatable bonds is 6. The van der Waals surface area contributed by atoms with Crippen molar-refractivity contribution in [1.29, 1.82) is 0 Å². The fourth-order valence-electron chi connectivity index (χ4n) is 1.46. The highest BCUT2D eigenvalue weighted by Crippen LogP contribution is 2.27. The average Bonchev–Trinajstić information content (AvgIpc) is 3.18. The van der Waals surface area contributed by atoms with Gasteiger partial charge in [-0.25, -0.2) is 4.98 Å².